The van der Waals surface area contributed by atoms with Crippen LogP contribution in [-0.2, 0) is 5.41 Å². The number of rotatable bonds is 2. The maximum Gasteiger partial charge on any atom is 0.411 e. The van der Waals surface area contributed by atoms with E-state index in [1.807, 2.05) is 50.2 Å². The van der Waals surface area contributed by atoms with Crippen molar-refractivity contribution in [2.24, 2.45) is 0 Å². The van der Waals surface area contributed by atoms with Crippen molar-refractivity contribution in [1.82, 2.24) is 4.98 Å². The third-order valence-corrected chi connectivity index (χ3v) is 4.12. The van der Waals surface area contributed by atoms with Crippen LogP contribution < -0.4 is 4.90 Å². The van der Waals surface area contributed by atoms with Gasteiger partial charge in [0.2, 0.25) is 0 Å². The summed E-state index contributed by atoms with van der Waals surface area (Å²) in [5, 5.41) is 9.42. The lowest BCUT2D eigenvalue weighted by atomic mass is 9.88. The smallest absolute Gasteiger partial charge is 0.411 e. The Hall–Kier alpha value is -2.62. The van der Waals surface area contributed by atoms with Gasteiger partial charge in [0.1, 0.15) is 0 Å². The van der Waals surface area contributed by atoms with Crippen molar-refractivity contribution in [2.75, 3.05) is 11.4 Å². The van der Waals surface area contributed by atoms with Crippen molar-refractivity contribution in [2.45, 2.75) is 19.3 Å². The summed E-state index contributed by atoms with van der Waals surface area (Å²) in [6, 6.07) is 11.6. The van der Waals surface area contributed by atoms with E-state index in [1.165, 1.54) is 4.90 Å². The van der Waals surface area contributed by atoms with E-state index in [2.05, 4.69) is 11.6 Å². The molecule has 0 spiro atoms. The van der Waals surface area contributed by atoms with Gasteiger partial charge in [-0.05, 0) is 11.6 Å². The monoisotopic (exact) mass is 294 g/mol. The molecule has 1 N–H and O–H groups in total. The molecule has 1 amide bonds. The highest BCUT2D eigenvalue weighted by Crippen LogP contribution is 2.41. The normalized spacial score (nSPS) is 15.5. The molecule has 0 unspecified atom stereocenters. The Morgan fingerprint density at radius 1 is 1.32 bits per heavy atom. The van der Waals surface area contributed by atoms with Crippen molar-refractivity contribution >= 4 is 17.4 Å². The van der Waals surface area contributed by atoms with Gasteiger partial charge in [-0.2, -0.15) is 0 Å². The second kappa shape index (κ2) is 4.98. The summed E-state index contributed by atoms with van der Waals surface area (Å²) < 4.78 is 0. The van der Waals surface area contributed by atoms with Gasteiger partial charge < -0.3 is 5.11 Å². The van der Waals surface area contributed by atoms with Crippen molar-refractivity contribution in [3.8, 4) is 0 Å². The first-order valence-electron chi connectivity index (χ1n) is 7.16. The summed E-state index contributed by atoms with van der Waals surface area (Å²) in [4.78, 5) is 17.4. The van der Waals surface area contributed by atoms with Crippen LogP contribution in [0, 0.1) is 0 Å². The molecule has 2 heterocycles. The summed E-state index contributed by atoms with van der Waals surface area (Å²) >= 11 is 0. The number of aromatic nitrogens is 1. The van der Waals surface area contributed by atoms with Crippen molar-refractivity contribution in [3.63, 3.8) is 0 Å². The van der Waals surface area contributed by atoms with Gasteiger partial charge in [0.15, 0.2) is 0 Å². The van der Waals surface area contributed by atoms with E-state index in [0.29, 0.717) is 17.9 Å². The Bertz CT molecular complexity index is 751. The number of nitrogens with zero attached hydrogens (tertiary/aromatic N) is 2. The van der Waals surface area contributed by atoms with Crippen molar-refractivity contribution in [1.29, 1.82) is 0 Å². The molecule has 22 heavy (non-hydrogen) atoms. The summed E-state index contributed by atoms with van der Waals surface area (Å²) in [6.45, 7) is 8.60. The van der Waals surface area contributed by atoms with Crippen LogP contribution in [0.5, 0.6) is 0 Å². The number of carbonyl (C=O) groups is 1. The van der Waals surface area contributed by atoms with E-state index in [0.717, 1.165) is 16.7 Å². The Kier molecular flexibility index (Phi) is 3.24. The van der Waals surface area contributed by atoms with Gasteiger partial charge in [0.25, 0.3) is 0 Å². The molecule has 0 aliphatic carbocycles. The molecule has 1 aromatic heterocycles. The molecule has 3 rings (SSSR count). The quantitative estimate of drug-likeness (QED) is 0.913. The molecule has 0 atom stereocenters. The lowest BCUT2D eigenvalue weighted by Gasteiger charge is -2.18. The fourth-order valence-electron chi connectivity index (χ4n) is 2.88. The van der Waals surface area contributed by atoms with Crippen LogP contribution in [0.2, 0.25) is 0 Å². The van der Waals surface area contributed by atoms with Gasteiger partial charge in [-0.1, -0.05) is 50.8 Å². The second-order valence-electron chi connectivity index (χ2n) is 6.18. The molecule has 112 valence electrons. The molecule has 0 fully saturated rings. The Labute approximate surface area is 129 Å². The molecule has 1 aromatic carbocycles. The number of anilines is 1. The van der Waals surface area contributed by atoms with E-state index in [4.69, 9.17) is 0 Å². The average molecular weight is 294 g/mol. The zero-order valence-corrected chi connectivity index (χ0v) is 12.7. The number of carboxylic acid groups (broad SMARTS) is 1. The molecule has 0 saturated carbocycles. The average Bonchev–Trinajstić information content (AvgIpc) is 2.79. The number of amides is 1. The van der Waals surface area contributed by atoms with Gasteiger partial charge in [0.05, 0.1) is 11.4 Å². The Morgan fingerprint density at radius 2 is 2.00 bits per heavy atom. The number of hydrogen-bond donors (Lipinski definition) is 1. The maximum absolute atomic E-state index is 11.5. The van der Waals surface area contributed by atoms with E-state index in [9.17, 15) is 9.90 Å². The van der Waals surface area contributed by atoms with E-state index in [-0.39, 0.29) is 5.41 Å². The molecule has 1 aliphatic rings. The summed E-state index contributed by atoms with van der Waals surface area (Å²) in [5.41, 5.74) is 3.91. The maximum atomic E-state index is 11.5. The Morgan fingerprint density at radius 3 is 2.64 bits per heavy atom. The van der Waals surface area contributed by atoms with Gasteiger partial charge in [-0.25, -0.2) is 4.79 Å². The predicted octanol–water partition coefficient (Wildman–Crippen LogP) is 3.92. The van der Waals surface area contributed by atoms with E-state index < -0.39 is 6.09 Å². The molecule has 1 aliphatic heterocycles. The van der Waals surface area contributed by atoms with Crippen LogP contribution in [0.1, 0.15) is 30.7 Å². The fourth-order valence-corrected chi connectivity index (χ4v) is 2.88. The largest absolute Gasteiger partial charge is 0.465 e. The topological polar surface area (TPSA) is 53.4 Å². The minimum absolute atomic E-state index is 0.229. The minimum Gasteiger partial charge on any atom is -0.465 e. The standard InChI is InChI=1S/C18H18N2O2/c1-12(13-7-5-4-6-8-13)15-9-16-14(10-19-15)18(2,3)11-20(16)17(21)22/h4-10H,1,11H2,2-3H3,(H,21,22). The zero-order chi connectivity index (χ0) is 15.9. The lowest BCUT2D eigenvalue weighted by molar-refractivity contribution is 0.201. The highest BCUT2D eigenvalue weighted by atomic mass is 16.4. The van der Waals surface area contributed by atoms with Crippen LogP contribution in [0.3, 0.4) is 0 Å². The molecule has 2 aromatic rings. The van der Waals surface area contributed by atoms with Crippen molar-refractivity contribution < 1.29 is 9.90 Å². The van der Waals surface area contributed by atoms with Crippen LogP contribution in [-0.4, -0.2) is 22.7 Å². The zero-order valence-electron chi connectivity index (χ0n) is 12.7. The molecular weight excluding hydrogens is 276 g/mol. The van der Waals surface area contributed by atoms with Gasteiger partial charge in [-0.15, -0.1) is 0 Å². The molecule has 4 nitrogen and oxygen atoms in total. The third-order valence-electron chi connectivity index (χ3n) is 4.12. The van der Waals surface area contributed by atoms with Crippen LogP contribution in [0.4, 0.5) is 10.5 Å². The highest BCUT2D eigenvalue weighted by molar-refractivity contribution is 5.91. The fraction of sp³-hybridized carbons (Fsp3) is 0.222. The van der Waals surface area contributed by atoms with Crippen LogP contribution >= 0.6 is 0 Å². The van der Waals surface area contributed by atoms with Crippen LogP contribution in [0.25, 0.3) is 5.57 Å². The van der Waals surface area contributed by atoms with Crippen LogP contribution in [0.15, 0.2) is 49.2 Å². The molecular formula is C18H18N2O2. The Balaban J connectivity index is 2.06. The molecule has 0 radical (unpaired) electrons. The van der Waals surface area contributed by atoms with Gasteiger partial charge in [-0.3, -0.25) is 9.88 Å². The third kappa shape index (κ3) is 2.26. The number of benzene rings is 1. The highest BCUT2D eigenvalue weighted by Gasteiger charge is 2.38. The first-order chi connectivity index (χ1) is 10.4. The van der Waals surface area contributed by atoms with E-state index in [1.54, 1.807) is 6.20 Å². The molecule has 0 bridgehead atoms. The molecule has 4 heteroatoms. The number of fused-ring (bicyclic) bond motifs is 1. The summed E-state index contributed by atoms with van der Waals surface area (Å²) in [7, 11) is 0. The number of pyridine rings is 1. The minimum atomic E-state index is -0.936. The SMILES string of the molecule is C=C(c1ccccc1)c1cc2c(cn1)C(C)(C)CN2C(=O)O. The first kappa shape index (κ1) is 14.3. The van der Waals surface area contributed by atoms with Crippen molar-refractivity contribution in [3.05, 3.63) is 66.0 Å². The lowest BCUT2D eigenvalue weighted by Crippen LogP contribution is -2.32. The first-order valence-corrected chi connectivity index (χ1v) is 7.16. The molecule has 0 saturated heterocycles. The second-order valence-corrected chi connectivity index (χ2v) is 6.18. The number of hydrogen-bond acceptors (Lipinski definition) is 2. The predicted molar refractivity (Wildman–Crippen MR) is 87.2 cm³/mol. The summed E-state index contributed by atoms with van der Waals surface area (Å²) in [6.07, 6.45) is 0.844. The van der Waals surface area contributed by atoms with Gasteiger partial charge >= 0.3 is 6.09 Å². The van der Waals surface area contributed by atoms with E-state index >= 15 is 0 Å². The summed E-state index contributed by atoms with van der Waals surface area (Å²) in [5.74, 6) is 0. The van der Waals surface area contributed by atoms with Gasteiger partial charge in [0, 0.05) is 29.3 Å².